The van der Waals surface area contributed by atoms with Crippen molar-refractivity contribution in [3.63, 3.8) is 0 Å². The van der Waals surface area contributed by atoms with Crippen molar-refractivity contribution in [2.75, 3.05) is 60.0 Å². The Bertz CT molecular complexity index is 366. The lowest BCUT2D eigenvalue weighted by molar-refractivity contribution is 0.0625. The third-order valence-electron chi connectivity index (χ3n) is 5.55. The molecule has 2 heterocycles. The molecule has 0 aromatic rings. The maximum atomic E-state index is 5.46. The topological polar surface area (TPSA) is 40.1 Å². The van der Waals surface area contributed by atoms with Crippen molar-refractivity contribution in [2.45, 2.75) is 45.4 Å². The van der Waals surface area contributed by atoms with Crippen molar-refractivity contribution >= 4 is 29.9 Å². The first kappa shape index (κ1) is 23.0. The van der Waals surface area contributed by atoms with Crippen LogP contribution in [-0.4, -0.2) is 75.8 Å². The number of halogens is 1. The van der Waals surface area contributed by atoms with Crippen LogP contribution in [0.25, 0.3) is 0 Å². The second-order valence-corrected chi connectivity index (χ2v) is 7.54. The first-order valence-electron chi connectivity index (χ1n) is 9.94. The highest BCUT2D eigenvalue weighted by atomic mass is 127. The maximum Gasteiger partial charge on any atom is 0.193 e. The van der Waals surface area contributed by atoms with Gasteiger partial charge in [-0.3, -0.25) is 4.99 Å². The monoisotopic (exact) mass is 466 g/mol. The van der Waals surface area contributed by atoms with E-state index in [-0.39, 0.29) is 24.0 Å². The first-order valence-corrected chi connectivity index (χ1v) is 9.94. The summed E-state index contributed by atoms with van der Waals surface area (Å²) in [5, 5.41) is 3.46. The van der Waals surface area contributed by atoms with Gasteiger partial charge in [-0.1, -0.05) is 0 Å². The van der Waals surface area contributed by atoms with E-state index in [1.54, 1.807) is 0 Å². The fourth-order valence-corrected chi connectivity index (χ4v) is 3.69. The van der Waals surface area contributed by atoms with Crippen LogP contribution in [0.5, 0.6) is 0 Å². The van der Waals surface area contributed by atoms with Crippen molar-refractivity contribution in [1.82, 2.24) is 15.1 Å². The molecule has 0 aromatic carbocycles. The highest BCUT2D eigenvalue weighted by Crippen LogP contribution is 2.20. The van der Waals surface area contributed by atoms with Crippen molar-refractivity contribution in [3.8, 4) is 0 Å². The number of aliphatic imine (C=N–C) groups is 1. The van der Waals surface area contributed by atoms with E-state index in [0.29, 0.717) is 0 Å². The van der Waals surface area contributed by atoms with E-state index in [0.717, 1.165) is 50.6 Å². The van der Waals surface area contributed by atoms with Crippen LogP contribution < -0.4 is 5.32 Å². The minimum absolute atomic E-state index is 0. The summed E-state index contributed by atoms with van der Waals surface area (Å²) in [6, 6.07) is 0. The molecule has 0 saturated carbocycles. The molecule has 0 aliphatic carbocycles. The summed E-state index contributed by atoms with van der Waals surface area (Å²) >= 11 is 0. The van der Waals surface area contributed by atoms with E-state index in [2.05, 4.69) is 36.1 Å². The average Bonchev–Trinajstić information content (AvgIpc) is 2.61. The van der Waals surface area contributed by atoms with E-state index < -0.39 is 0 Å². The number of piperidine rings is 1. The Morgan fingerprint density at radius 3 is 2.40 bits per heavy atom. The molecule has 0 spiro atoms. The van der Waals surface area contributed by atoms with Crippen molar-refractivity contribution in [2.24, 2.45) is 16.8 Å². The zero-order valence-corrected chi connectivity index (χ0v) is 18.8. The summed E-state index contributed by atoms with van der Waals surface area (Å²) < 4.78 is 5.46. The van der Waals surface area contributed by atoms with Gasteiger partial charge in [0.05, 0.1) is 0 Å². The lowest BCUT2D eigenvalue weighted by Gasteiger charge is -2.29. The number of nitrogens with one attached hydrogen (secondary N) is 1. The normalized spacial score (nSPS) is 21.0. The van der Waals surface area contributed by atoms with Gasteiger partial charge in [0.25, 0.3) is 0 Å². The number of hydrogen-bond acceptors (Lipinski definition) is 3. The van der Waals surface area contributed by atoms with Crippen molar-refractivity contribution in [1.29, 1.82) is 0 Å². The number of ether oxygens (including phenoxy) is 1. The second kappa shape index (κ2) is 13.1. The molecule has 1 N–H and O–H groups in total. The van der Waals surface area contributed by atoms with Crippen LogP contribution in [-0.2, 0) is 4.74 Å². The standard InChI is InChI=1S/C19H38N4O.HI/c1-4-20-19(21-11-5-17-6-12-22(2)13-7-17)23(3)14-8-18-9-15-24-16-10-18;/h17-18H,4-16H2,1-3H3,(H,20,21);1H. The Kier molecular flexibility index (Phi) is 12.1. The molecule has 6 heteroatoms. The third-order valence-corrected chi connectivity index (χ3v) is 5.55. The van der Waals surface area contributed by atoms with E-state index in [1.807, 2.05) is 0 Å². The van der Waals surface area contributed by atoms with Crippen molar-refractivity contribution < 1.29 is 4.74 Å². The van der Waals surface area contributed by atoms with Crippen LogP contribution in [0.15, 0.2) is 4.99 Å². The quantitative estimate of drug-likeness (QED) is 0.356. The molecule has 0 atom stereocenters. The molecule has 2 fully saturated rings. The summed E-state index contributed by atoms with van der Waals surface area (Å²) in [6.07, 6.45) is 7.59. The van der Waals surface area contributed by atoms with Gasteiger partial charge in [0, 0.05) is 39.9 Å². The third kappa shape index (κ3) is 8.91. The molecular formula is C19H39IN4O. The van der Waals surface area contributed by atoms with Crippen molar-refractivity contribution in [3.05, 3.63) is 0 Å². The molecule has 0 radical (unpaired) electrons. The molecule has 2 aliphatic rings. The van der Waals surface area contributed by atoms with E-state index in [9.17, 15) is 0 Å². The SMILES string of the molecule is CCNC(=NCCC1CCN(C)CC1)N(C)CCC1CCOCC1.I. The highest BCUT2D eigenvalue weighted by Gasteiger charge is 2.17. The predicted molar refractivity (Wildman–Crippen MR) is 117 cm³/mol. The van der Waals surface area contributed by atoms with Crippen LogP contribution >= 0.6 is 24.0 Å². The largest absolute Gasteiger partial charge is 0.381 e. The summed E-state index contributed by atoms with van der Waals surface area (Å²) in [5.74, 6) is 2.76. The van der Waals surface area contributed by atoms with Crippen LogP contribution in [0.1, 0.15) is 45.4 Å². The van der Waals surface area contributed by atoms with Gasteiger partial charge in [-0.2, -0.15) is 0 Å². The van der Waals surface area contributed by atoms with Gasteiger partial charge in [-0.05, 0) is 77.4 Å². The fraction of sp³-hybridized carbons (Fsp3) is 0.947. The van der Waals surface area contributed by atoms with Gasteiger partial charge in [-0.25, -0.2) is 0 Å². The molecule has 25 heavy (non-hydrogen) atoms. The Morgan fingerprint density at radius 2 is 1.76 bits per heavy atom. The first-order chi connectivity index (χ1) is 11.7. The number of likely N-dealkylation sites (tertiary alicyclic amines) is 1. The minimum Gasteiger partial charge on any atom is -0.381 e. The average molecular weight is 466 g/mol. The van der Waals surface area contributed by atoms with Gasteiger partial charge in [0.2, 0.25) is 0 Å². The highest BCUT2D eigenvalue weighted by molar-refractivity contribution is 14.0. The molecule has 0 bridgehead atoms. The van der Waals surface area contributed by atoms with Crippen LogP contribution in [0.4, 0.5) is 0 Å². The van der Waals surface area contributed by atoms with Gasteiger partial charge >= 0.3 is 0 Å². The Hall–Kier alpha value is -0.0800. The zero-order chi connectivity index (χ0) is 17.2. The van der Waals surface area contributed by atoms with Crippen LogP contribution in [0, 0.1) is 11.8 Å². The van der Waals surface area contributed by atoms with Gasteiger partial charge in [0.1, 0.15) is 0 Å². The lowest BCUT2D eigenvalue weighted by atomic mass is 9.94. The minimum atomic E-state index is 0. The number of nitrogens with zero attached hydrogens (tertiary/aromatic N) is 3. The summed E-state index contributed by atoms with van der Waals surface area (Å²) in [7, 11) is 4.40. The Labute approximate surface area is 172 Å². The number of hydrogen-bond donors (Lipinski definition) is 1. The molecule has 0 amide bonds. The van der Waals surface area contributed by atoms with Gasteiger partial charge in [0.15, 0.2) is 5.96 Å². The maximum absolute atomic E-state index is 5.46. The molecule has 2 rings (SSSR count). The van der Waals surface area contributed by atoms with Gasteiger partial charge in [-0.15, -0.1) is 24.0 Å². The van der Waals surface area contributed by atoms with Gasteiger partial charge < -0.3 is 19.9 Å². The predicted octanol–water partition coefficient (Wildman–Crippen LogP) is 3.05. The fourth-order valence-electron chi connectivity index (χ4n) is 3.69. The Morgan fingerprint density at radius 1 is 1.12 bits per heavy atom. The zero-order valence-electron chi connectivity index (χ0n) is 16.5. The molecule has 2 saturated heterocycles. The van der Waals surface area contributed by atoms with E-state index >= 15 is 0 Å². The van der Waals surface area contributed by atoms with Crippen LogP contribution in [0.3, 0.4) is 0 Å². The second-order valence-electron chi connectivity index (χ2n) is 7.54. The summed E-state index contributed by atoms with van der Waals surface area (Å²) in [4.78, 5) is 9.63. The molecule has 5 nitrogen and oxygen atoms in total. The summed E-state index contributed by atoms with van der Waals surface area (Å²) in [6.45, 7) is 9.52. The molecule has 0 unspecified atom stereocenters. The Balaban J connectivity index is 0.00000312. The number of guanidine groups is 1. The van der Waals surface area contributed by atoms with E-state index in [1.165, 1.54) is 51.6 Å². The summed E-state index contributed by atoms with van der Waals surface area (Å²) in [5.41, 5.74) is 0. The van der Waals surface area contributed by atoms with Crippen LogP contribution in [0.2, 0.25) is 0 Å². The lowest BCUT2D eigenvalue weighted by Crippen LogP contribution is -2.40. The molecule has 0 aromatic heterocycles. The molecule has 2 aliphatic heterocycles. The van der Waals surface area contributed by atoms with E-state index in [4.69, 9.17) is 9.73 Å². The number of rotatable bonds is 7. The molecular weight excluding hydrogens is 427 g/mol. The molecule has 148 valence electrons. The smallest absolute Gasteiger partial charge is 0.193 e.